The van der Waals surface area contributed by atoms with Crippen LogP contribution in [0.1, 0.15) is 31.2 Å². The van der Waals surface area contributed by atoms with E-state index in [-0.39, 0.29) is 6.04 Å². The fraction of sp³-hybridized carbons (Fsp3) is 0.149. The van der Waals surface area contributed by atoms with Crippen molar-refractivity contribution in [1.82, 2.24) is 0 Å². The molecule has 0 radical (unpaired) electrons. The number of thiophene rings is 1. The van der Waals surface area contributed by atoms with Gasteiger partial charge in [-0.25, -0.2) is 0 Å². The van der Waals surface area contributed by atoms with Crippen molar-refractivity contribution in [2.75, 3.05) is 4.90 Å². The number of anilines is 1. The maximum atomic E-state index is 2.63. The van der Waals surface area contributed by atoms with Crippen LogP contribution in [0.2, 0.25) is 6.55 Å². The maximum absolute atomic E-state index is 2.63. The third-order valence-corrected chi connectivity index (χ3v) is 15.7. The first kappa shape index (κ1) is 29.9. The molecule has 3 unspecified atom stereocenters. The standard InChI is InChI=1S/C47H39NSSi/c1-50-44-28-27-41-40-13-7-8-14-43(40)49-47(41)46(44)42-26-25-39(30-45(42)50)48(37-21-17-33(18-22-37)31-9-3-2-4-10-31)38-23-19-34(20-24-38)36-16-15-32-11-5-6-12-35(32)29-36/h3,5-17,19-29,33,39,50H,2,4,18,30H2,1H3. The Balaban J connectivity index is 1.01. The Bertz CT molecular complexity index is 2520. The molecule has 1 nitrogen and oxygen atoms in total. The van der Waals surface area contributed by atoms with Crippen LogP contribution in [0.15, 0.2) is 168 Å². The molecule has 0 N–H and O–H groups in total. The van der Waals surface area contributed by atoms with Crippen molar-refractivity contribution in [3.05, 3.63) is 174 Å². The van der Waals surface area contributed by atoms with Crippen molar-refractivity contribution in [1.29, 1.82) is 0 Å². The summed E-state index contributed by atoms with van der Waals surface area (Å²) in [6.07, 6.45) is 23.9. The maximum Gasteiger partial charge on any atom is 0.0964 e. The van der Waals surface area contributed by atoms with E-state index >= 15 is 0 Å². The topological polar surface area (TPSA) is 3.24 Å². The van der Waals surface area contributed by atoms with Gasteiger partial charge in [-0.2, -0.15) is 0 Å². The minimum absolute atomic E-state index is 0.267. The Hall–Kier alpha value is -4.96. The van der Waals surface area contributed by atoms with E-state index in [4.69, 9.17) is 0 Å². The quantitative estimate of drug-likeness (QED) is 0.164. The van der Waals surface area contributed by atoms with E-state index in [9.17, 15) is 0 Å². The molecule has 3 atom stereocenters. The highest BCUT2D eigenvalue weighted by molar-refractivity contribution is 7.26. The average Bonchev–Trinajstić information content (AvgIpc) is 3.70. The molecule has 1 aromatic heterocycles. The molecule has 10 rings (SSSR count). The van der Waals surface area contributed by atoms with Crippen molar-refractivity contribution >= 4 is 67.5 Å². The molecule has 3 aliphatic carbocycles. The number of fused-ring (bicyclic) bond motifs is 7. The first-order valence-corrected chi connectivity index (χ1v) is 21.3. The summed E-state index contributed by atoms with van der Waals surface area (Å²) in [6, 6.07) is 38.8. The molecule has 0 bridgehead atoms. The smallest absolute Gasteiger partial charge is 0.0964 e. The minimum atomic E-state index is -1.30. The molecule has 4 aliphatic rings. The van der Waals surface area contributed by atoms with Crippen LogP contribution in [-0.2, 0) is 0 Å². The zero-order valence-corrected chi connectivity index (χ0v) is 30.3. The van der Waals surface area contributed by atoms with E-state index in [1.165, 1.54) is 70.2 Å². The minimum Gasteiger partial charge on any atom is -0.335 e. The average molecular weight is 678 g/mol. The highest BCUT2D eigenvalue weighted by atomic mass is 32.1. The summed E-state index contributed by atoms with van der Waals surface area (Å²) in [4.78, 5) is 2.63. The van der Waals surface area contributed by atoms with Gasteiger partial charge in [0.2, 0.25) is 0 Å². The second kappa shape index (κ2) is 12.1. The van der Waals surface area contributed by atoms with Gasteiger partial charge in [-0.05, 0) is 99.8 Å². The third-order valence-electron chi connectivity index (χ3n) is 11.5. The number of hydrogen-bond donors (Lipinski definition) is 0. The van der Waals surface area contributed by atoms with Crippen molar-refractivity contribution in [2.45, 2.75) is 38.3 Å². The SMILES string of the molecule is C[SiH]1C2=C(C=CC(N(C3=CCC(C4=CCCC=C4)C=C3)c3ccc(-c4ccc5ccccc5c4)cc3)C2)c2c1ccc1c2sc2ccccc21. The summed E-state index contributed by atoms with van der Waals surface area (Å²) in [5.74, 6) is 0.462. The van der Waals surface area contributed by atoms with Gasteiger partial charge in [0.1, 0.15) is 0 Å². The Morgan fingerprint density at radius 2 is 1.56 bits per heavy atom. The predicted octanol–water partition coefficient (Wildman–Crippen LogP) is 11.8. The molecular weight excluding hydrogens is 639 g/mol. The molecule has 3 heteroatoms. The van der Waals surface area contributed by atoms with Crippen LogP contribution >= 0.6 is 11.3 Å². The molecule has 0 saturated heterocycles. The van der Waals surface area contributed by atoms with E-state index in [0.29, 0.717) is 5.92 Å². The second-order valence-corrected chi connectivity index (χ2v) is 18.1. The zero-order chi connectivity index (χ0) is 33.2. The van der Waals surface area contributed by atoms with E-state index < -0.39 is 8.80 Å². The summed E-state index contributed by atoms with van der Waals surface area (Å²) in [7, 11) is -1.30. The van der Waals surface area contributed by atoms with E-state index in [2.05, 4.69) is 163 Å². The van der Waals surface area contributed by atoms with Crippen LogP contribution in [-0.4, -0.2) is 14.8 Å². The molecule has 0 saturated carbocycles. The van der Waals surface area contributed by atoms with E-state index in [1.54, 1.807) is 10.4 Å². The lowest BCUT2D eigenvalue weighted by Crippen LogP contribution is -2.37. The fourth-order valence-corrected chi connectivity index (χ4v) is 13.0. The third kappa shape index (κ3) is 4.94. The van der Waals surface area contributed by atoms with Gasteiger partial charge < -0.3 is 4.90 Å². The van der Waals surface area contributed by atoms with Gasteiger partial charge in [-0.3, -0.25) is 0 Å². The Morgan fingerprint density at radius 3 is 2.40 bits per heavy atom. The second-order valence-electron chi connectivity index (χ2n) is 14.3. The van der Waals surface area contributed by atoms with Crippen molar-refractivity contribution < 1.29 is 0 Å². The Labute approximate surface area is 300 Å². The number of hydrogen-bond acceptors (Lipinski definition) is 2. The molecule has 0 fully saturated rings. The van der Waals surface area contributed by atoms with Gasteiger partial charge in [0.25, 0.3) is 0 Å². The summed E-state index contributed by atoms with van der Waals surface area (Å²) < 4.78 is 2.87. The lowest BCUT2D eigenvalue weighted by molar-refractivity contribution is 0.721. The molecule has 5 aromatic carbocycles. The van der Waals surface area contributed by atoms with Gasteiger partial charge in [-0.1, -0.05) is 133 Å². The molecule has 6 aromatic rings. The number of nitrogens with zero attached hydrogens (tertiary/aromatic N) is 1. The van der Waals surface area contributed by atoms with E-state index in [0.717, 1.165) is 25.7 Å². The van der Waals surface area contributed by atoms with Gasteiger partial charge in [0.05, 0.1) is 14.8 Å². The molecular formula is C47H39NSSi. The molecule has 50 heavy (non-hydrogen) atoms. The number of allylic oxidation sites excluding steroid dienone is 9. The Kier molecular flexibility index (Phi) is 7.25. The van der Waals surface area contributed by atoms with Crippen LogP contribution < -0.4 is 10.1 Å². The van der Waals surface area contributed by atoms with Crippen LogP contribution in [0.3, 0.4) is 0 Å². The highest BCUT2D eigenvalue weighted by Gasteiger charge is 2.35. The van der Waals surface area contributed by atoms with Crippen LogP contribution in [0.25, 0.3) is 47.6 Å². The summed E-state index contributed by atoms with van der Waals surface area (Å²) in [6.45, 7) is 2.56. The highest BCUT2D eigenvalue weighted by Crippen LogP contribution is 2.45. The number of benzene rings is 5. The molecule has 242 valence electrons. The van der Waals surface area contributed by atoms with E-state index in [1.807, 2.05) is 11.3 Å². The predicted molar refractivity (Wildman–Crippen MR) is 220 cm³/mol. The monoisotopic (exact) mass is 677 g/mol. The van der Waals surface area contributed by atoms with Crippen molar-refractivity contribution in [2.24, 2.45) is 5.92 Å². The molecule has 0 amide bonds. The fourth-order valence-electron chi connectivity index (χ4n) is 8.84. The zero-order valence-electron chi connectivity index (χ0n) is 28.3. The normalized spacial score (nSPS) is 21.1. The summed E-state index contributed by atoms with van der Waals surface area (Å²) >= 11 is 1.98. The Morgan fingerprint density at radius 1 is 0.720 bits per heavy atom. The molecule has 1 aliphatic heterocycles. The lowest BCUT2D eigenvalue weighted by Gasteiger charge is -2.37. The van der Waals surface area contributed by atoms with Gasteiger partial charge >= 0.3 is 0 Å². The molecule has 2 heterocycles. The molecule has 0 spiro atoms. The summed E-state index contributed by atoms with van der Waals surface area (Å²) in [5, 5.41) is 8.71. The van der Waals surface area contributed by atoms with Gasteiger partial charge in [0, 0.05) is 37.5 Å². The lowest BCUT2D eigenvalue weighted by atomic mass is 9.87. The van der Waals surface area contributed by atoms with Crippen molar-refractivity contribution in [3.63, 3.8) is 0 Å². The first-order chi connectivity index (χ1) is 24.7. The van der Waals surface area contributed by atoms with Crippen LogP contribution in [0, 0.1) is 5.92 Å². The largest absolute Gasteiger partial charge is 0.335 e. The summed E-state index contributed by atoms with van der Waals surface area (Å²) in [5.41, 5.74) is 9.62. The van der Waals surface area contributed by atoms with Crippen LogP contribution in [0.5, 0.6) is 0 Å². The van der Waals surface area contributed by atoms with Crippen molar-refractivity contribution in [3.8, 4) is 11.1 Å². The van der Waals surface area contributed by atoms with Gasteiger partial charge in [-0.15, -0.1) is 11.3 Å². The number of rotatable bonds is 5. The first-order valence-electron chi connectivity index (χ1n) is 18.2. The van der Waals surface area contributed by atoms with Gasteiger partial charge in [0.15, 0.2) is 0 Å². The van der Waals surface area contributed by atoms with Crippen LogP contribution in [0.4, 0.5) is 5.69 Å².